The monoisotopic (exact) mass is 488 g/mol. The van der Waals surface area contributed by atoms with Crippen LogP contribution in [0.4, 0.5) is 0 Å². The van der Waals surface area contributed by atoms with E-state index in [-0.39, 0.29) is 34.8 Å². The van der Waals surface area contributed by atoms with Gasteiger partial charge in [0.25, 0.3) is 0 Å². The predicted molar refractivity (Wildman–Crippen MR) is 132 cm³/mol. The quantitative estimate of drug-likeness (QED) is 0.292. The standard InChI is InChI=1S/C28H24O8/c1-7-23(29)33-17-11-19-15(5)16(6)20-12-18(34-24(30)8-2)14-22(36-26(32)10-4)28(20)27(19)21(13-17)35-25(31)9-3/h7-16H,1-4H2,5-6H3. The molecule has 2 atom stereocenters. The fourth-order valence-electron chi connectivity index (χ4n) is 3.91. The zero-order valence-electron chi connectivity index (χ0n) is 19.9. The molecule has 2 aromatic carbocycles. The van der Waals surface area contributed by atoms with Crippen molar-refractivity contribution >= 4 is 23.9 Å². The van der Waals surface area contributed by atoms with Gasteiger partial charge in [-0.05, 0) is 35.1 Å². The van der Waals surface area contributed by atoms with Crippen LogP contribution in [0.2, 0.25) is 0 Å². The Kier molecular flexibility index (Phi) is 7.69. The van der Waals surface area contributed by atoms with Gasteiger partial charge >= 0.3 is 23.9 Å². The van der Waals surface area contributed by atoms with E-state index in [0.717, 1.165) is 24.3 Å². The highest BCUT2D eigenvalue weighted by molar-refractivity contribution is 5.93. The van der Waals surface area contributed by atoms with E-state index in [0.29, 0.717) is 22.3 Å². The lowest BCUT2D eigenvalue weighted by Crippen LogP contribution is -2.18. The van der Waals surface area contributed by atoms with Crippen LogP contribution in [-0.4, -0.2) is 23.9 Å². The second kappa shape index (κ2) is 10.7. The molecule has 0 bridgehead atoms. The number of rotatable bonds is 8. The Morgan fingerprint density at radius 3 is 1.19 bits per heavy atom. The maximum Gasteiger partial charge on any atom is 0.335 e. The van der Waals surface area contributed by atoms with Crippen molar-refractivity contribution in [1.29, 1.82) is 0 Å². The Hall–Kier alpha value is -4.72. The van der Waals surface area contributed by atoms with Crippen LogP contribution < -0.4 is 18.9 Å². The summed E-state index contributed by atoms with van der Waals surface area (Å²) in [6, 6.07) is 6.05. The number of ether oxygens (including phenoxy) is 4. The topological polar surface area (TPSA) is 105 Å². The molecule has 1 aliphatic rings. The van der Waals surface area contributed by atoms with Crippen LogP contribution in [0.1, 0.15) is 36.8 Å². The molecule has 184 valence electrons. The van der Waals surface area contributed by atoms with Gasteiger partial charge in [-0.25, -0.2) is 19.2 Å². The van der Waals surface area contributed by atoms with E-state index in [4.69, 9.17) is 18.9 Å². The molecule has 0 fully saturated rings. The number of esters is 4. The third-order valence-electron chi connectivity index (χ3n) is 5.72. The highest BCUT2D eigenvalue weighted by Gasteiger charge is 2.35. The van der Waals surface area contributed by atoms with E-state index < -0.39 is 23.9 Å². The maximum absolute atomic E-state index is 12.2. The molecule has 8 heteroatoms. The molecule has 0 heterocycles. The van der Waals surface area contributed by atoms with Crippen molar-refractivity contribution in [2.75, 3.05) is 0 Å². The highest BCUT2D eigenvalue weighted by atomic mass is 16.6. The minimum atomic E-state index is -0.751. The van der Waals surface area contributed by atoms with E-state index in [1.165, 1.54) is 12.1 Å². The van der Waals surface area contributed by atoms with Gasteiger partial charge < -0.3 is 18.9 Å². The highest BCUT2D eigenvalue weighted by Crippen LogP contribution is 2.55. The maximum atomic E-state index is 12.2. The van der Waals surface area contributed by atoms with Gasteiger partial charge in [-0.15, -0.1) is 0 Å². The summed E-state index contributed by atoms with van der Waals surface area (Å²) in [5.41, 5.74) is 2.22. The van der Waals surface area contributed by atoms with Crippen LogP contribution in [0.3, 0.4) is 0 Å². The lowest BCUT2D eigenvalue weighted by Gasteiger charge is -2.33. The normalized spacial score (nSPS) is 15.3. The van der Waals surface area contributed by atoms with Crippen LogP contribution in [0.15, 0.2) is 74.9 Å². The Balaban J connectivity index is 2.37. The summed E-state index contributed by atoms with van der Waals surface area (Å²) in [6.07, 6.45) is 3.99. The number of carbonyl (C=O) groups excluding carboxylic acids is 4. The average molecular weight is 488 g/mol. The van der Waals surface area contributed by atoms with E-state index in [1.807, 2.05) is 13.8 Å². The van der Waals surface area contributed by atoms with Gasteiger partial charge in [0.05, 0.1) is 0 Å². The third-order valence-corrected chi connectivity index (χ3v) is 5.72. The number of benzene rings is 2. The number of hydrogen-bond donors (Lipinski definition) is 0. The summed E-state index contributed by atoms with van der Waals surface area (Å²) in [4.78, 5) is 48.1. The molecule has 8 nitrogen and oxygen atoms in total. The Morgan fingerprint density at radius 2 is 0.889 bits per heavy atom. The van der Waals surface area contributed by atoms with Crippen LogP contribution in [0.5, 0.6) is 23.0 Å². The van der Waals surface area contributed by atoms with Gasteiger partial charge in [-0.2, -0.15) is 0 Å². The van der Waals surface area contributed by atoms with Crippen molar-refractivity contribution in [3.8, 4) is 34.1 Å². The Bertz CT molecular complexity index is 1220. The predicted octanol–water partition coefficient (Wildman–Crippen LogP) is 4.94. The van der Waals surface area contributed by atoms with Crippen LogP contribution in [0, 0.1) is 0 Å². The Morgan fingerprint density at radius 1 is 0.583 bits per heavy atom. The molecular formula is C28H24O8. The molecule has 0 saturated heterocycles. The van der Waals surface area contributed by atoms with Crippen molar-refractivity contribution in [2.45, 2.75) is 25.7 Å². The molecule has 0 saturated carbocycles. The molecule has 0 spiro atoms. The molecule has 0 radical (unpaired) electrons. The second-order valence-electron chi connectivity index (χ2n) is 7.85. The lowest BCUT2D eigenvalue weighted by atomic mass is 9.72. The first-order valence-corrected chi connectivity index (χ1v) is 10.9. The first-order valence-electron chi connectivity index (χ1n) is 10.9. The van der Waals surface area contributed by atoms with E-state index in [2.05, 4.69) is 26.3 Å². The van der Waals surface area contributed by atoms with Gasteiger partial charge in [0, 0.05) is 47.6 Å². The molecule has 0 N–H and O–H groups in total. The SMILES string of the molecule is C=CC(=O)Oc1cc(OC(=O)C=C)c2c(c1)C(C)C(C)c1cc(OC(=O)C=C)cc(OC(=O)C=C)c1-2. The summed E-state index contributed by atoms with van der Waals surface area (Å²) in [5, 5.41) is 0. The summed E-state index contributed by atoms with van der Waals surface area (Å²) in [7, 11) is 0. The lowest BCUT2D eigenvalue weighted by molar-refractivity contribution is -0.130. The number of hydrogen-bond acceptors (Lipinski definition) is 8. The van der Waals surface area contributed by atoms with Crippen molar-refractivity contribution in [2.24, 2.45) is 0 Å². The van der Waals surface area contributed by atoms with Gasteiger partial charge in [0.2, 0.25) is 0 Å². The molecule has 0 aliphatic heterocycles. The molecule has 36 heavy (non-hydrogen) atoms. The average Bonchev–Trinajstić information content (AvgIpc) is 2.86. The van der Waals surface area contributed by atoms with Gasteiger partial charge in [0.15, 0.2) is 0 Å². The van der Waals surface area contributed by atoms with Gasteiger partial charge in [0.1, 0.15) is 23.0 Å². The first kappa shape index (κ1) is 25.9. The molecule has 0 aromatic heterocycles. The van der Waals surface area contributed by atoms with Crippen molar-refractivity contribution in [3.63, 3.8) is 0 Å². The zero-order valence-corrected chi connectivity index (χ0v) is 19.9. The summed E-state index contributed by atoms with van der Waals surface area (Å²) in [6.45, 7) is 17.5. The minimum absolute atomic E-state index is 0.0519. The van der Waals surface area contributed by atoms with E-state index in [9.17, 15) is 19.2 Å². The Labute approximate surface area is 208 Å². The molecular weight excluding hydrogens is 464 g/mol. The molecule has 2 aromatic rings. The van der Waals surface area contributed by atoms with Crippen molar-refractivity contribution in [1.82, 2.24) is 0 Å². The minimum Gasteiger partial charge on any atom is -0.423 e. The summed E-state index contributed by atoms with van der Waals surface area (Å²) in [5.74, 6) is -2.90. The third kappa shape index (κ3) is 5.17. The molecule has 3 rings (SSSR count). The van der Waals surface area contributed by atoms with Crippen molar-refractivity contribution < 1.29 is 38.1 Å². The number of fused-ring (bicyclic) bond motifs is 3. The molecule has 0 amide bonds. The van der Waals surface area contributed by atoms with E-state index in [1.54, 1.807) is 12.1 Å². The van der Waals surface area contributed by atoms with Gasteiger partial charge in [-0.1, -0.05) is 40.2 Å². The van der Waals surface area contributed by atoms with Crippen molar-refractivity contribution in [3.05, 3.63) is 86.0 Å². The van der Waals surface area contributed by atoms with Crippen LogP contribution in [-0.2, 0) is 19.2 Å². The van der Waals surface area contributed by atoms with Crippen LogP contribution in [0.25, 0.3) is 11.1 Å². The van der Waals surface area contributed by atoms with Gasteiger partial charge in [-0.3, -0.25) is 0 Å². The number of carbonyl (C=O) groups is 4. The molecule has 2 unspecified atom stereocenters. The zero-order chi connectivity index (χ0) is 26.6. The second-order valence-corrected chi connectivity index (χ2v) is 7.85. The summed E-state index contributed by atoms with van der Waals surface area (Å²) >= 11 is 0. The smallest absolute Gasteiger partial charge is 0.335 e. The first-order chi connectivity index (χ1) is 17.1. The fraction of sp³-hybridized carbons (Fsp3) is 0.143. The summed E-state index contributed by atoms with van der Waals surface area (Å²) < 4.78 is 21.7. The molecule has 1 aliphatic carbocycles. The van der Waals surface area contributed by atoms with E-state index >= 15 is 0 Å². The largest absolute Gasteiger partial charge is 0.423 e. The van der Waals surface area contributed by atoms with Crippen LogP contribution >= 0.6 is 0 Å². The fourth-order valence-corrected chi connectivity index (χ4v) is 3.91.